The highest BCUT2D eigenvalue weighted by Crippen LogP contribution is 2.26. The molecule has 1 aliphatic heterocycles. The number of hydrogen-bond donors (Lipinski definition) is 1. The van der Waals surface area contributed by atoms with E-state index in [9.17, 15) is 4.79 Å². The fourth-order valence-electron chi connectivity index (χ4n) is 2.41. The number of ether oxygens (including phenoxy) is 1. The van der Waals surface area contributed by atoms with Gasteiger partial charge < -0.3 is 14.5 Å². The fourth-order valence-corrected chi connectivity index (χ4v) is 3.53. The molecular weight excluding hydrogens is 298 g/mol. The van der Waals surface area contributed by atoms with Crippen molar-refractivity contribution in [2.45, 2.75) is 30.4 Å². The van der Waals surface area contributed by atoms with Crippen LogP contribution in [-0.2, 0) is 11.3 Å². The molecule has 1 aromatic heterocycles. The Morgan fingerprint density at radius 3 is 2.95 bits per heavy atom. The summed E-state index contributed by atoms with van der Waals surface area (Å²) in [5.74, 6) is 1.56. The van der Waals surface area contributed by atoms with Crippen molar-refractivity contribution in [1.29, 1.82) is 0 Å². The highest BCUT2D eigenvalue weighted by Gasteiger charge is 2.17. The molecule has 1 saturated heterocycles. The Labute approximate surface area is 134 Å². The summed E-state index contributed by atoms with van der Waals surface area (Å²) in [6, 6.07) is 11.3. The average molecular weight is 317 g/mol. The minimum Gasteiger partial charge on any atom is -0.467 e. The monoisotopic (exact) mass is 317 g/mol. The SMILES string of the molecule is O=C(NCc1ccco1)c1ccccc1SCC1CCCO1. The summed E-state index contributed by atoms with van der Waals surface area (Å²) in [5.41, 5.74) is 0.706. The molecule has 0 aliphatic carbocycles. The zero-order valence-electron chi connectivity index (χ0n) is 12.3. The summed E-state index contributed by atoms with van der Waals surface area (Å²) >= 11 is 1.69. The minimum absolute atomic E-state index is 0.0770. The van der Waals surface area contributed by atoms with E-state index in [-0.39, 0.29) is 5.91 Å². The van der Waals surface area contributed by atoms with Crippen LogP contribution in [0.3, 0.4) is 0 Å². The third kappa shape index (κ3) is 3.93. The normalized spacial score (nSPS) is 17.5. The Kier molecular flexibility index (Phi) is 5.19. The molecular formula is C17H19NO3S. The second-order valence-corrected chi connectivity index (χ2v) is 6.27. The Balaban J connectivity index is 1.60. The molecule has 1 amide bonds. The third-order valence-corrected chi connectivity index (χ3v) is 4.79. The zero-order valence-corrected chi connectivity index (χ0v) is 13.1. The van der Waals surface area contributed by atoms with E-state index in [1.165, 1.54) is 0 Å². The maximum absolute atomic E-state index is 12.4. The van der Waals surface area contributed by atoms with E-state index in [0.717, 1.165) is 35.9 Å². The van der Waals surface area contributed by atoms with Crippen LogP contribution in [-0.4, -0.2) is 24.4 Å². The van der Waals surface area contributed by atoms with Gasteiger partial charge in [0.05, 0.1) is 24.5 Å². The number of carbonyl (C=O) groups is 1. The highest BCUT2D eigenvalue weighted by atomic mass is 32.2. The summed E-state index contributed by atoms with van der Waals surface area (Å²) < 4.78 is 10.9. The molecule has 1 atom stereocenters. The van der Waals surface area contributed by atoms with Gasteiger partial charge in [0.25, 0.3) is 5.91 Å². The second-order valence-electron chi connectivity index (χ2n) is 5.20. The number of nitrogens with one attached hydrogen (secondary N) is 1. The first-order valence-corrected chi connectivity index (χ1v) is 8.45. The van der Waals surface area contributed by atoms with Gasteiger partial charge in [-0.2, -0.15) is 0 Å². The van der Waals surface area contributed by atoms with Crippen molar-refractivity contribution < 1.29 is 13.9 Å². The van der Waals surface area contributed by atoms with E-state index in [0.29, 0.717) is 18.2 Å². The van der Waals surface area contributed by atoms with Gasteiger partial charge in [0.2, 0.25) is 0 Å². The molecule has 0 radical (unpaired) electrons. The van der Waals surface area contributed by atoms with Crippen LogP contribution in [0.4, 0.5) is 0 Å². The number of furan rings is 1. The molecule has 3 rings (SSSR count). The van der Waals surface area contributed by atoms with Gasteiger partial charge in [0.15, 0.2) is 0 Å². The van der Waals surface area contributed by atoms with Gasteiger partial charge in [-0.05, 0) is 37.1 Å². The van der Waals surface area contributed by atoms with Gasteiger partial charge in [0, 0.05) is 17.3 Å². The number of amides is 1. The van der Waals surface area contributed by atoms with Crippen LogP contribution in [0.5, 0.6) is 0 Å². The lowest BCUT2D eigenvalue weighted by Gasteiger charge is -2.12. The number of carbonyl (C=O) groups excluding carboxylic acids is 1. The first-order valence-electron chi connectivity index (χ1n) is 7.47. The highest BCUT2D eigenvalue weighted by molar-refractivity contribution is 7.99. The van der Waals surface area contributed by atoms with Crippen LogP contribution < -0.4 is 5.32 Å². The van der Waals surface area contributed by atoms with Gasteiger partial charge in [-0.15, -0.1) is 11.8 Å². The van der Waals surface area contributed by atoms with Gasteiger partial charge in [-0.1, -0.05) is 12.1 Å². The van der Waals surface area contributed by atoms with Crippen molar-refractivity contribution in [2.24, 2.45) is 0 Å². The largest absolute Gasteiger partial charge is 0.467 e. The van der Waals surface area contributed by atoms with Crippen molar-refractivity contribution >= 4 is 17.7 Å². The smallest absolute Gasteiger partial charge is 0.252 e. The van der Waals surface area contributed by atoms with E-state index < -0.39 is 0 Å². The third-order valence-electron chi connectivity index (χ3n) is 3.58. The van der Waals surface area contributed by atoms with Gasteiger partial charge in [-0.3, -0.25) is 4.79 Å². The van der Waals surface area contributed by atoms with E-state index in [1.807, 2.05) is 36.4 Å². The van der Waals surface area contributed by atoms with E-state index in [1.54, 1.807) is 18.0 Å². The molecule has 0 spiro atoms. The van der Waals surface area contributed by atoms with E-state index in [2.05, 4.69) is 5.32 Å². The van der Waals surface area contributed by atoms with Crippen LogP contribution >= 0.6 is 11.8 Å². The zero-order chi connectivity index (χ0) is 15.2. The number of rotatable bonds is 6. The predicted octanol–water partition coefficient (Wildman–Crippen LogP) is 3.48. The summed E-state index contributed by atoms with van der Waals surface area (Å²) in [6.45, 7) is 1.26. The van der Waals surface area contributed by atoms with Gasteiger partial charge in [0.1, 0.15) is 5.76 Å². The Bertz CT molecular complexity index is 606. The number of hydrogen-bond acceptors (Lipinski definition) is 4. The van der Waals surface area contributed by atoms with Crippen molar-refractivity contribution in [3.05, 3.63) is 54.0 Å². The van der Waals surface area contributed by atoms with Crippen LogP contribution in [0.25, 0.3) is 0 Å². The first-order chi connectivity index (χ1) is 10.8. The molecule has 116 valence electrons. The van der Waals surface area contributed by atoms with Crippen molar-refractivity contribution in [1.82, 2.24) is 5.32 Å². The Morgan fingerprint density at radius 2 is 2.18 bits per heavy atom. The summed E-state index contributed by atoms with van der Waals surface area (Å²) in [7, 11) is 0. The molecule has 2 aromatic rings. The molecule has 1 unspecified atom stereocenters. The van der Waals surface area contributed by atoms with Crippen LogP contribution in [0.15, 0.2) is 52.0 Å². The molecule has 0 saturated carbocycles. The maximum Gasteiger partial charge on any atom is 0.252 e. The number of thioether (sulfide) groups is 1. The lowest BCUT2D eigenvalue weighted by Crippen LogP contribution is -2.23. The summed E-state index contributed by atoms with van der Waals surface area (Å²) in [4.78, 5) is 13.4. The Hall–Kier alpha value is -1.72. The molecule has 2 heterocycles. The molecule has 1 aromatic carbocycles. The van der Waals surface area contributed by atoms with E-state index >= 15 is 0 Å². The standard InChI is InChI=1S/C17H19NO3S/c19-17(18-11-13-5-3-9-20-13)15-7-1-2-8-16(15)22-12-14-6-4-10-21-14/h1-3,5,7-9,14H,4,6,10-12H2,(H,18,19). The van der Waals surface area contributed by atoms with Crippen molar-refractivity contribution in [3.8, 4) is 0 Å². The molecule has 1 fully saturated rings. The molecule has 0 bridgehead atoms. The lowest BCUT2D eigenvalue weighted by molar-refractivity contribution is 0.0945. The second kappa shape index (κ2) is 7.51. The molecule has 5 heteroatoms. The molecule has 4 nitrogen and oxygen atoms in total. The Morgan fingerprint density at radius 1 is 1.27 bits per heavy atom. The van der Waals surface area contributed by atoms with Crippen molar-refractivity contribution in [2.75, 3.05) is 12.4 Å². The van der Waals surface area contributed by atoms with Crippen LogP contribution in [0.1, 0.15) is 29.0 Å². The predicted molar refractivity (Wildman–Crippen MR) is 86.0 cm³/mol. The average Bonchev–Trinajstić information content (AvgIpc) is 3.24. The van der Waals surface area contributed by atoms with Gasteiger partial charge in [-0.25, -0.2) is 0 Å². The first kappa shape index (κ1) is 15.2. The lowest BCUT2D eigenvalue weighted by atomic mass is 10.2. The van der Waals surface area contributed by atoms with E-state index in [4.69, 9.17) is 9.15 Å². The number of benzene rings is 1. The topological polar surface area (TPSA) is 51.5 Å². The maximum atomic E-state index is 12.4. The van der Waals surface area contributed by atoms with Crippen LogP contribution in [0, 0.1) is 0 Å². The minimum atomic E-state index is -0.0770. The molecule has 1 aliphatic rings. The van der Waals surface area contributed by atoms with Gasteiger partial charge >= 0.3 is 0 Å². The van der Waals surface area contributed by atoms with Crippen molar-refractivity contribution in [3.63, 3.8) is 0 Å². The quantitative estimate of drug-likeness (QED) is 0.829. The van der Waals surface area contributed by atoms with Crippen LogP contribution in [0.2, 0.25) is 0 Å². The molecule has 22 heavy (non-hydrogen) atoms. The fraction of sp³-hybridized carbons (Fsp3) is 0.353. The molecule has 1 N–H and O–H groups in total. The summed E-state index contributed by atoms with van der Waals surface area (Å²) in [6.07, 6.45) is 4.16. The summed E-state index contributed by atoms with van der Waals surface area (Å²) in [5, 5.41) is 2.89.